The van der Waals surface area contributed by atoms with Crippen molar-refractivity contribution in [3.63, 3.8) is 0 Å². The third kappa shape index (κ3) is 1.61. The molecule has 2 N–H and O–H groups in total. The summed E-state index contributed by atoms with van der Waals surface area (Å²) in [6, 6.07) is 0. The smallest absolute Gasteiger partial charge is 0.320 e. The van der Waals surface area contributed by atoms with Gasteiger partial charge in [0.2, 0.25) is 0 Å². The second-order valence-electron chi connectivity index (χ2n) is 9.72. The normalized spacial score (nSPS) is 54.4. The summed E-state index contributed by atoms with van der Waals surface area (Å²) < 4.78 is 11.6. The average molecular weight is 362 g/mol. The zero-order valence-corrected chi connectivity index (χ0v) is 15.2. The summed E-state index contributed by atoms with van der Waals surface area (Å²) in [5, 5.41) is 21.8. The molecule has 2 spiro atoms. The topological polar surface area (TPSA) is 93.1 Å². The fourth-order valence-corrected chi connectivity index (χ4v) is 7.35. The first-order valence-corrected chi connectivity index (χ1v) is 9.58. The molecule has 0 aromatic rings. The highest BCUT2D eigenvalue weighted by molar-refractivity contribution is 6.15. The first-order valence-electron chi connectivity index (χ1n) is 9.58. The second-order valence-corrected chi connectivity index (χ2v) is 9.72. The number of aliphatic hydroxyl groups excluding tert-OH is 2. The Bertz CT molecular complexity index is 728. The van der Waals surface area contributed by atoms with Crippen molar-refractivity contribution in [3.8, 4) is 0 Å². The van der Waals surface area contributed by atoms with Crippen molar-refractivity contribution >= 4 is 11.8 Å². The van der Waals surface area contributed by atoms with Crippen LogP contribution in [0.4, 0.5) is 0 Å². The summed E-state index contributed by atoms with van der Waals surface area (Å²) in [5.74, 6) is -1.84. The van der Waals surface area contributed by atoms with Crippen LogP contribution in [0, 0.1) is 34.0 Å². The highest BCUT2D eigenvalue weighted by atomic mass is 16.6. The van der Waals surface area contributed by atoms with E-state index >= 15 is 0 Å². The summed E-state index contributed by atoms with van der Waals surface area (Å²) in [5.41, 5.74) is -1.91. The monoisotopic (exact) mass is 362 g/mol. The van der Waals surface area contributed by atoms with Gasteiger partial charge in [-0.1, -0.05) is 20.4 Å². The van der Waals surface area contributed by atoms with Gasteiger partial charge in [-0.15, -0.1) is 0 Å². The summed E-state index contributed by atoms with van der Waals surface area (Å²) in [6.07, 6.45) is 0.0166. The van der Waals surface area contributed by atoms with Crippen molar-refractivity contribution in [3.05, 3.63) is 12.2 Å². The Hall–Kier alpha value is -1.24. The molecule has 3 saturated carbocycles. The summed E-state index contributed by atoms with van der Waals surface area (Å²) in [4.78, 5) is 26.3. The SMILES string of the molecule is C=C1C(=O)[C@]23C[C@H]1C[C@H](O)[C@H]2[C@@]12CO[C@@H](O)[C@@H]1C(C)(C)CC[C@@H]2OC3=O. The molecule has 26 heavy (non-hydrogen) atoms. The fourth-order valence-electron chi connectivity index (χ4n) is 7.35. The van der Waals surface area contributed by atoms with Crippen LogP contribution >= 0.6 is 0 Å². The highest BCUT2D eigenvalue weighted by Gasteiger charge is 2.79. The van der Waals surface area contributed by atoms with Gasteiger partial charge < -0.3 is 19.7 Å². The van der Waals surface area contributed by atoms with Crippen molar-refractivity contribution in [2.45, 2.75) is 58.0 Å². The number of carbonyl (C=O) groups excluding carboxylic acids is 2. The summed E-state index contributed by atoms with van der Waals surface area (Å²) >= 11 is 0. The van der Waals surface area contributed by atoms with E-state index in [1.54, 1.807) is 0 Å². The van der Waals surface area contributed by atoms with Crippen molar-refractivity contribution in [2.24, 2.45) is 34.0 Å². The number of rotatable bonds is 0. The van der Waals surface area contributed by atoms with Crippen LogP contribution in [0.2, 0.25) is 0 Å². The predicted octanol–water partition coefficient (Wildman–Crippen LogP) is 1.20. The molecular weight excluding hydrogens is 336 g/mol. The second kappa shape index (κ2) is 4.78. The molecule has 0 aromatic heterocycles. The quantitative estimate of drug-likeness (QED) is 0.382. The largest absolute Gasteiger partial charge is 0.461 e. The Kier molecular flexibility index (Phi) is 3.10. The van der Waals surface area contributed by atoms with E-state index < -0.39 is 41.2 Å². The van der Waals surface area contributed by atoms with Crippen LogP contribution in [0.1, 0.15) is 39.5 Å². The van der Waals surface area contributed by atoms with Gasteiger partial charge in [-0.3, -0.25) is 9.59 Å². The van der Waals surface area contributed by atoms with Crippen LogP contribution in [0.25, 0.3) is 0 Å². The lowest BCUT2D eigenvalue weighted by molar-refractivity contribution is -0.251. The van der Waals surface area contributed by atoms with Crippen LogP contribution in [0.5, 0.6) is 0 Å². The molecule has 3 aliphatic carbocycles. The average Bonchev–Trinajstić information content (AvgIpc) is 3.01. The molecule has 2 bridgehead atoms. The Morgan fingerprint density at radius 1 is 1.19 bits per heavy atom. The van der Waals surface area contributed by atoms with E-state index in [1.807, 2.05) is 0 Å². The van der Waals surface area contributed by atoms with Gasteiger partial charge in [-0.05, 0) is 42.6 Å². The Labute approximate surface area is 152 Å². The number of aliphatic hydroxyl groups is 2. The maximum absolute atomic E-state index is 13.2. The Morgan fingerprint density at radius 2 is 1.92 bits per heavy atom. The minimum Gasteiger partial charge on any atom is -0.461 e. The van der Waals surface area contributed by atoms with E-state index in [0.717, 1.165) is 6.42 Å². The number of fused-ring (bicyclic) bond motifs is 1. The molecular formula is C20H26O6. The van der Waals surface area contributed by atoms with Gasteiger partial charge in [0.1, 0.15) is 11.5 Å². The lowest BCUT2D eigenvalue weighted by Gasteiger charge is -2.62. The van der Waals surface area contributed by atoms with Crippen LogP contribution in [0.3, 0.4) is 0 Å². The van der Waals surface area contributed by atoms with Gasteiger partial charge in [0.15, 0.2) is 12.1 Å². The maximum atomic E-state index is 13.2. The molecule has 6 heteroatoms. The van der Waals surface area contributed by atoms with Gasteiger partial charge in [-0.25, -0.2) is 0 Å². The Balaban J connectivity index is 1.75. The molecule has 0 radical (unpaired) electrons. The van der Waals surface area contributed by atoms with E-state index in [-0.39, 0.29) is 29.6 Å². The van der Waals surface area contributed by atoms with Crippen LogP contribution in [-0.4, -0.2) is 47.1 Å². The first-order chi connectivity index (χ1) is 12.2. The predicted molar refractivity (Wildman–Crippen MR) is 89.6 cm³/mol. The van der Waals surface area contributed by atoms with Gasteiger partial charge in [0.05, 0.1) is 12.7 Å². The molecule has 0 aromatic carbocycles. The van der Waals surface area contributed by atoms with Crippen LogP contribution < -0.4 is 0 Å². The molecule has 2 saturated heterocycles. The lowest BCUT2D eigenvalue weighted by atomic mass is 9.43. The van der Waals surface area contributed by atoms with Gasteiger partial charge in [-0.2, -0.15) is 0 Å². The van der Waals surface area contributed by atoms with Gasteiger partial charge >= 0.3 is 5.97 Å². The highest BCUT2D eigenvalue weighted by Crippen LogP contribution is 2.71. The number of Topliss-reactive ketones (excluding diaryl/α,β-unsaturated/α-hetero) is 1. The van der Waals surface area contributed by atoms with E-state index in [1.165, 1.54) is 0 Å². The molecule has 5 aliphatic rings. The minimum absolute atomic E-state index is 0.170. The van der Waals surface area contributed by atoms with Crippen molar-refractivity contribution in [2.75, 3.05) is 6.61 Å². The molecule has 0 amide bonds. The lowest BCUT2D eigenvalue weighted by Crippen LogP contribution is -2.70. The summed E-state index contributed by atoms with van der Waals surface area (Å²) in [6.45, 7) is 8.29. The van der Waals surface area contributed by atoms with E-state index in [0.29, 0.717) is 24.8 Å². The number of ketones is 1. The van der Waals surface area contributed by atoms with Gasteiger partial charge in [0, 0.05) is 17.3 Å². The molecule has 2 heterocycles. The standard InChI is InChI=1S/C20H26O6/c1-9-10-6-11(21)13-19(7-10,15(9)22)17(24)26-12-4-5-18(2,3)14-16(23)25-8-20(12,13)14/h10-14,16,21,23H,1,4-8H2,2-3H3/t10-,11+,12+,13-,14-,16-,19+,20+/m1/s1. The number of ether oxygens (including phenoxy) is 2. The van der Waals surface area contributed by atoms with E-state index in [9.17, 15) is 19.8 Å². The number of hydrogen-bond acceptors (Lipinski definition) is 6. The fraction of sp³-hybridized carbons (Fsp3) is 0.800. The maximum Gasteiger partial charge on any atom is 0.320 e. The Morgan fingerprint density at radius 3 is 2.65 bits per heavy atom. The number of esters is 1. The molecule has 142 valence electrons. The van der Waals surface area contributed by atoms with Crippen LogP contribution in [0.15, 0.2) is 12.2 Å². The number of allylic oxidation sites excluding steroid dienone is 1. The molecule has 8 atom stereocenters. The third-order valence-corrected chi connectivity index (χ3v) is 8.25. The molecule has 6 nitrogen and oxygen atoms in total. The van der Waals surface area contributed by atoms with E-state index in [4.69, 9.17) is 9.47 Å². The zero-order chi connectivity index (χ0) is 18.6. The zero-order valence-electron chi connectivity index (χ0n) is 15.2. The minimum atomic E-state index is -1.37. The number of carbonyl (C=O) groups is 2. The van der Waals surface area contributed by atoms with Crippen molar-refractivity contribution < 1.29 is 29.3 Å². The molecule has 5 rings (SSSR count). The molecule has 2 aliphatic heterocycles. The third-order valence-electron chi connectivity index (χ3n) is 8.25. The summed E-state index contributed by atoms with van der Waals surface area (Å²) in [7, 11) is 0. The van der Waals surface area contributed by atoms with Crippen molar-refractivity contribution in [1.29, 1.82) is 0 Å². The molecule has 5 fully saturated rings. The van der Waals surface area contributed by atoms with Gasteiger partial charge in [0.25, 0.3) is 0 Å². The number of hydrogen-bond donors (Lipinski definition) is 2. The van der Waals surface area contributed by atoms with Crippen molar-refractivity contribution in [1.82, 2.24) is 0 Å². The van der Waals surface area contributed by atoms with E-state index in [2.05, 4.69) is 20.4 Å². The molecule has 0 unspecified atom stereocenters. The van der Waals surface area contributed by atoms with Crippen LogP contribution in [-0.2, 0) is 19.1 Å². The first kappa shape index (κ1) is 16.9.